The maximum Gasteiger partial charge on any atom is 0.311 e. The minimum Gasteiger partial charge on any atom is -0.490 e. The molecule has 0 aromatic heterocycles. The second-order valence-electron chi connectivity index (χ2n) is 5.39. The Hall–Kier alpha value is -1.62. The normalized spacial score (nSPS) is 12.1. The van der Waals surface area contributed by atoms with Crippen molar-refractivity contribution in [2.45, 2.75) is 58.5 Å². The van der Waals surface area contributed by atoms with Gasteiger partial charge in [-0.05, 0) is 25.0 Å². The minimum atomic E-state index is -0.406. The lowest BCUT2D eigenvalue weighted by Gasteiger charge is -2.14. The first-order chi connectivity index (χ1) is 10.1. The van der Waals surface area contributed by atoms with Crippen molar-refractivity contribution in [3.05, 3.63) is 33.9 Å². The van der Waals surface area contributed by atoms with E-state index in [0.717, 1.165) is 12.0 Å². The molecule has 1 atom stereocenters. The molecule has 0 heterocycles. The van der Waals surface area contributed by atoms with Crippen LogP contribution in [0.25, 0.3) is 0 Å². The highest BCUT2D eigenvalue weighted by atomic mass is 16.6. The van der Waals surface area contributed by atoms with E-state index >= 15 is 0 Å². The lowest BCUT2D eigenvalue weighted by molar-refractivity contribution is -0.385. The van der Waals surface area contributed by atoms with E-state index < -0.39 is 4.92 Å². The van der Waals surface area contributed by atoms with Gasteiger partial charge in [-0.2, -0.15) is 0 Å². The zero-order valence-corrected chi connectivity index (χ0v) is 13.2. The van der Waals surface area contributed by atoms with Gasteiger partial charge in [-0.15, -0.1) is 0 Å². The van der Waals surface area contributed by atoms with Crippen LogP contribution in [0.5, 0.6) is 5.75 Å². The van der Waals surface area contributed by atoms with Crippen LogP contribution in [0.4, 0.5) is 5.69 Å². The average Bonchev–Trinajstić information content (AvgIpc) is 2.49. The second-order valence-corrected chi connectivity index (χ2v) is 5.39. The summed E-state index contributed by atoms with van der Waals surface area (Å²) in [6.07, 6.45) is 6.17. The predicted molar refractivity (Wildman–Crippen MR) is 84.7 cm³/mol. The monoisotopic (exact) mass is 294 g/mol. The number of hydrogen-bond acceptors (Lipinski definition) is 4. The van der Waals surface area contributed by atoms with E-state index in [1.54, 1.807) is 12.1 Å². The molecule has 0 aliphatic rings. The van der Waals surface area contributed by atoms with Crippen LogP contribution in [0.2, 0.25) is 0 Å². The molecule has 0 saturated heterocycles. The van der Waals surface area contributed by atoms with E-state index in [1.165, 1.54) is 32.8 Å². The predicted octanol–water partition coefficient (Wildman–Crippen LogP) is 4.05. The number of ether oxygens (including phenoxy) is 1. The van der Waals surface area contributed by atoms with Gasteiger partial charge in [-0.1, -0.05) is 38.7 Å². The smallest absolute Gasteiger partial charge is 0.311 e. The van der Waals surface area contributed by atoms with Gasteiger partial charge in [0.15, 0.2) is 5.75 Å². The van der Waals surface area contributed by atoms with Crippen LogP contribution >= 0.6 is 0 Å². The molecular weight excluding hydrogens is 268 g/mol. The molecule has 1 unspecified atom stereocenters. The fourth-order valence-electron chi connectivity index (χ4n) is 2.26. The van der Waals surface area contributed by atoms with Crippen LogP contribution in [0, 0.1) is 10.1 Å². The zero-order valence-electron chi connectivity index (χ0n) is 13.2. The third-order valence-corrected chi connectivity index (χ3v) is 3.59. The molecule has 5 heteroatoms. The molecular formula is C16H26N2O3. The Morgan fingerprint density at radius 1 is 1.33 bits per heavy atom. The number of nitro benzene ring substituents is 1. The van der Waals surface area contributed by atoms with E-state index in [-0.39, 0.29) is 5.69 Å². The van der Waals surface area contributed by atoms with Crippen molar-refractivity contribution in [1.82, 2.24) is 5.32 Å². The molecule has 1 rings (SSSR count). The Bertz CT molecular complexity index is 449. The summed E-state index contributed by atoms with van der Waals surface area (Å²) in [4.78, 5) is 10.6. The van der Waals surface area contributed by atoms with Gasteiger partial charge in [0.05, 0.1) is 12.0 Å². The number of methoxy groups -OCH3 is 1. The van der Waals surface area contributed by atoms with E-state index in [9.17, 15) is 10.1 Å². The highest BCUT2D eigenvalue weighted by Gasteiger charge is 2.15. The number of unbranched alkanes of at least 4 members (excludes halogenated alkanes) is 3. The fraction of sp³-hybridized carbons (Fsp3) is 0.625. The molecule has 0 amide bonds. The number of benzene rings is 1. The third-order valence-electron chi connectivity index (χ3n) is 3.59. The maximum atomic E-state index is 11.0. The van der Waals surface area contributed by atoms with E-state index in [0.29, 0.717) is 18.3 Å². The third kappa shape index (κ3) is 6.12. The molecule has 0 spiro atoms. The molecule has 5 nitrogen and oxygen atoms in total. The molecule has 1 aromatic rings. The summed E-state index contributed by atoms with van der Waals surface area (Å²) in [5.41, 5.74) is 0.926. The van der Waals surface area contributed by atoms with Crippen molar-refractivity contribution >= 4 is 5.69 Å². The molecule has 0 aliphatic heterocycles. The Labute approximate surface area is 126 Å². The highest BCUT2D eigenvalue weighted by molar-refractivity contribution is 5.48. The van der Waals surface area contributed by atoms with Crippen molar-refractivity contribution in [3.8, 4) is 5.75 Å². The van der Waals surface area contributed by atoms with Crippen LogP contribution in [0.3, 0.4) is 0 Å². The Balaban J connectivity index is 2.48. The highest BCUT2D eigenvalue weighted by Crippen LogP contribution is 2.27. The Morgan fingerprint density at radius 3 is 2.71 bits per heavy atom. The van der Waals surface area contributed by atoms with Crippen molar-refractivity contribution in [2.75, 3.05) is 7.11 Å². The standard InChI is InChI=1S/C16H26N2O3/c1-4-5-6-7-8-13(2)17-12-14-9-10-16(21-3)15(11-14)18(19)20/h9-11,13,17H,4-8,12H2,1-3H3. The van der Waals surface area contributed by atoms with E-state index in [2.05, 4.69) is 19.2 Å². The van der Waals surface area contributed by atoms with Crippen LogP contribution in [0.15, 0.2) is 18.2 Å². The topological polar surface area (TPSA) is 64.4 Å². The maximum absolute atomic E-state index is 11.0. The largest absolute Gasteiger partial charge is 0.490 e. The van der Waals surface area contributed by atoms with Crippen LogP contribution in [-0.4, -0.2) is 18.1 Å². The second kappa shape index (κ2) is 9.34. The summed E-state index contributed by atoms with van der Waals surface area (Å²) < 4.78 is 5.00. The molecule has 0 aliphatic carbocycles. The number of nitrogens with zero attached hydrogens (tertiary/aromatic N) is 1. The number of rotatable bonds is 10. The Kier molecular flexibility index (Phi) is 7.75. The minimum absolute atomic E-state index is 0.0207. The van der Waals surface area contributed by atoms with Gasteiger partial charge in [0.2, 0.25) is 0 Å². The fourth-order valence-corrected chi connectivity index (χ4v) is 2.26. The summed E-state index contributed by atoms with van der Waals surface area (Å²) in [5.74, 6) is 0.302. The molecule has 0 saturated carbocycles. The summed E-state index contributed by atoms with van der Waals surface area (Å²) in [7, 11) is 1.44. The van der Waals surface area contributed by atoms with E-state index in [1.807, 2.05) is 6.07 Å². The van der Waals surface area contributed by atoms with Gasteiger partial charge in [0, 0.05) is 18.7 Å². The van der Waals surface area contributed by atoms with Crippen molar-refractivity contribution in [1.29, 1.82) is 0 Å². The van der Waals surface area contributed by atoms with Crippen LogP contribution < -0.4 is 10.1 Å². The molecule has 118 valence electrons. The van der Waals surface area contributed by atoms with Gasteiger partial charge in [0.1, 0.15) is 0 Å². The summed E-state index contributed by atoms with van der Waals surface area (Å²) in [6, 6.07) is 5.52. The van der Waals surface area contributed by atoms with Crippen molar-refractivity contribution < 1.29 is 9.66 Å². The Morgan fingerprint density at radius 2 is 2.10 bits per heavy atom. The molecule has 1 aromatic carbocycles. The number of hydrogen-bond donors (Lipinski definition) is 1. The molecule has 0 bridgehead atoms. The van der Waals surface area contributed by atoms with Crippen LogP contribution in [-0.2, 0) is 6.54 Å². The molecule has 0 fully saturated rings. The van der Waals surface area contributed by atoms with Gasteiger partial charge in [0.25, 0.3) is 0 Å². The van der Waals surface area contributed by atoms with Gasteiger partial charge in [-0.3, -0.25) is 10.1 Å². The number of nitro groups is 1. The quantitative estimate of drug-likeness (QED) is 0.401. The number of nitrogens with one attached hydrogen (secondary N) is 1. The molecule has 21 heavy (non-hydrogen) atoms. The first-order valence-corrected chi connectivity index (χ1v) is 7.63. The zero-order chi connectivity index (χ0) is 15.7. The van der Waals surface area contributed by atoms with Gasteiger partial charge in [-0.25, -0.2) is 0 Å². The SMILES string of the molecule is CCCCCCC(C)NCc1ccc(OC)c([N+](=O)[O-])c1. The first-order valence-electron chi connectivity index (χ1n) is 7.63. The van der Waals surface area contributed by atoms with Crippen LogP contribution in [0.1, 0.15) is 51.5 Å². The first kappa shape index (κ1) is 17.4. The molecule has 0 radical (unpaired) electrons. The summed E-state index contributed by atoms with van der Waals surface area (Å²) in [6.45, 7) is 5.00. The molecule has 1 N–H and O–H groups in total. The lowest BCUT2D eigenvalue weighted by Crippen LogP contribution is -2.25. The average molecular weight is 294 g/mol. The van der Waals surface area contributed by atoms with E-state index in [4.69, 9.17) is 4.74 Å². The van der Waals surface area contributed by atoms with Gasteiger partial charge < -0.3 is 10.1 Å². The summed E-state index contributed by atoms with van der Waals surface area (Å²) in [5, 5.41) is 14.4. The lowest BCUT2D eigenvalue weighted by atomic mass is 10.1. The van der Waals surface area contributed by atoms with Crippen molar-refractivity contribution in [3.63, 3.8) is 0 Å². The van der Waals surface area contributed by atoms with Crippen molar-refractivity contribution in [2.24, 2.45) is 0 Å². The summed E-state index contributed by atoms with van der Waals surface area (Å²) >= 11 is 0. The van der Waals surface area contributed by atoms with Gasteiger partial charge >= 0.3 is 5.69 Å².